The van der Waals surface area contributed by atoms with E-state index < -0.39 is 11.9 Å². The van der Waals surface area contributed by atoms with Crippen LogP contribution in [-0.2, 0) is 16.1 Å². The Morgan fingerprint density at radius 1 is 0.935 bits per heavy atom. The molecule has 0 bridgehead atoms. The number of carbonyl (C=O) groups is 2. The maximum absolute atomic E-state index is 12.2. The summed E-state index contributed by atoms with van der Waals surface area (Å²) >= 11 is 0. The Balaban J connectivity index is 2.04. The smallest absolute Gasteiger partial charge is 0.343 e. The van der Waals surface area contributed by atoms with Crippen LogP contribution in [0.4, 0.5) is 0 Å². The average molecular weight is 418 g/mol. The summed E-state index contributed by atoms with van der Waals surface area (Å²) in [5.41, 5.74) is 8.78. The molecule has 7 nitrogen and oxygen atoms in total. The van der Waals surface area contributed by atoms with E-state index in [4.69, 9.17) is 19.9 Å². The molecule has 0 unspecified atom stereocenters. The molecular formula is C24H22N2O5. The molecule has 0 aliphatic rings. The molecule has 0 atom stereocenters. The highest BCUT2D eigenvalue weighted by atomic mass is 16.6. The zero-order valence-electron chi connectivity index (χ0n) is 17.3. The topological polar surface area (TPSA) is 92.8 Å². The first kappa shape index (κ1) is 20.3. The Morgan fingerprint density at radius 3 is 2.39 bits per heavy atom. The lowest BCUT2D eigenvalue weighted by Gasteiger charge is -2.11. The van der Waals surface area contributed by atoms with Gasteiger partial charge in [-0.25, -0.2) is 4.79 Å². The van der Waals surface area contributed by atoms with Crippen LogP contribution in [0.15, 0.2) is 60.7 Å². The van der Waals surface area contributed by atoms with Crippen molar-refractivity contribution in [1.82, 2.24) is 4.57 Å². The molecule has 0 saturated carbocycles. The molecular weight excluding hydrogens is 396 g/mol. The number of amides is 1. The molecule has 7 heteroatoms. The Labute approximate surface area is 178 Å². The van der Waals surface area contributed by atoms with Crippen molar-refractivity contribution >= 4 is 33.7 Å². The van der Waals surface area contributed by atoms with Gasteiger partial charge in [0.15, 0.2) is 6.61 Å². The molecule has 3 aromatic carbocycles. The summed E-state index contributed by atoms with van der Waals surface area (Å²) in [7, 11) is 2.86. The van der Waals surface area contributed by atoms with E-state index in [1.165, 1.54) is 7.11 Å². The zero-order valence-corrected chi connectivity index (χ0v) is 17.3. The highest BCUT2D eigenvalue weighted by molar-refractivity contribution is 6.20. The van der Waals surface area contributed by atoms with Crippen LogP contribution in [0.2, 0.25) is 0 Å². The number of methoxy groups -OCH3 is 2. The van der Waals surface area contributed by atoms with Gasteiger partial charge >= 0.3 is 5.97 Å². The van der Waals surface area contributed by atoms with Gasteiger partial charge in [-0.05, 0) is 17.7 Å². The predicted molar refractivity (Wildman–Crippen MR) is 118 cm³/mol. The average Bonchev–Trinajstić information content (AvgIpc) is 3.11. The van der Waals surface area contributed by atoms with Crippen molar-refractivity contribution in [3.05, 3.63) is 71.8 Å². The van der Waals surface area contributed by atoms with Crippen molar-refractivity contribution in [3.8, 4) is 11.5 Å². The third-order valence-corrected chi connectivity index (χ3v) is 5.19. The van der Waals surface area contributed by atoms with Gasteiger partial charge in [-0.2, -0.15) is 0 Å². The van der Waals surface area contributed by atoms with Gasteiger partial charge in [-0.15, -0.1) is 0 Å². The molecule has 2 N–H and O–H groups in total. The van der Waals surface area contributed by atoms with Gasteiger partial charge in [-0.3, -0.25) is 4.79 Å². The van der Waals surface area contributed by atoms with Crippen molar-refractivity contribution in [3.63, 3.8) is 0 Å². The van der Waals surface area contributed by atoms with Crippen LogP contribution in [0, 0.1) is 0 Å². The standard InChI is InChI=1S/C24H22N2O5/c1-29-16-11-19-23(20(12-16)31-14-21(27)30-2)22-17(24(25)28)9-6-10-18(22)26(19)13-15-7-4-3-5-8-15/h3-12H,13-14H2,1-2H3,(H2,25,28). The Morgan fingerprint density at radius 2 is 1.71 bits per heavy atom. The van der Waals surface area contributed by atoms with E-state index in [0.717, 1.165) is 16.6 Å². The van der Waals surface area contributed by atoms with Crippen LogP contribution in [0.3, 0.4) is 0 Å². The van der Waals surface area contributed by atoms with Gasteiger partial charge in [0, 0.05) is 29.6 Å². The molecule has 158 valence electrons. The van der Waals surface area contributed by atoms with Crippen LogP contribution in [0.5, 0.6) is 11.5 Å². The lowest BCUT2D eigenvalue weighted by Crippen LogP contribution is -2.13. The van der Waals surface area contributed by atoms with E-state index in [2.05, 4.69) is 4.57 Å². The lowest BCUT2D eigenvalue weighted by molar-refractivity contribution is -0.142. The van der Waals surface area contributed by atoms with Gasteiger partial charge in [0.05, 0.1) is 30.6 Å². The third-order valence-electron chi connectivity index (χ3n) is 5.19. The number of fused-ring (bicyclic) bond motifs is 3. The van der Waals surface area contributed by atoms with E-state index >= 15 is 0 Å². The Bertz CT molecular complexity index is 1280. The fourth-order valence-corrected chi connectivity index (χ4v) is 3.77. The summed E-state index contributed by atoms with van der Waals surface area (Å²) in [6.07, 6.45) is 0. The summed E-state index contributed by atoms with van der Waals surface area (Å²) in [5.74, 6) is -0.0893. The van der Waals surface area contributed by atoms with Crippen molar-refractivity contribution in [2.45, 2.75) is 6.54 Å². The minimum atomic E-state index is -0.543. The second-order valence-corrected chi connectivity index (χ2v) is 7.02. The maximum atomic E-state index is 12.2. The van der Waals surface area contributed by atoms with E-state index in [0.29, 0.717) is 34.4 Å². The van der Waals surface area contributed by atoms with Crippen molar-refractivity contribution in [2.75, 3.05) is 20.8 Å². The number of nitrogens with two attached hydrogens (primary N) is 1. The molecule has 4 aromatic rings. The van der Waals surface area contributed by atoms with Crippen molar-refractivity contribution in [1.29, 1.82) is 0 Å². The molecule has 0 radical (unpaired) electrons. The van der Waals surface area contributed by atoms with Gasteiger partial charge in [0.25, 0.3) is 0 Å². The monoisotopic (exact) mass is 418 g/mol. The highest BCUT2D eigenvalue weighted by Crippen LogP contribution is 2.40. The van der Waals surface area contributed by atoms with Crippen LogP contribution in [-0.4, -0.2) is 37.3 Å². The number of carbonyl (C=O) groups excluding carboxylic acids is 2. The molecule has 0 saturated heterocycles. The van der Waals surface area contributed by atoms with Crippen LogP contribution in [0.1, 0.15) is 15.9 Å². The van der Waals surface area contributed by atoms with Gasteiger partial charge < -0.3 is 24.5 Å². The Kier molecular flexibility index (Phi) is 5.49. The summed E-state index contributed by atoms with van der Waals surface area (Å²) in [6, 6.07) is 19.0. The molecule has 0 aliphatic carbocycles. The largest absolute Gasteiger partial charge is 0.497 e. The molecule has 0 fully saturated rings. The normalized spacial score (nSPS) is 10.9. The second kappa shape index (κ2) is 8.39. The number of rotatable bonds is 7. The number of ether oxygens (including phenoxy) is 3. The quantitative estimate of drug-likeness (QED) is 0.464. The highest BCUT2D eigenvalue weighted by Gasteiger charge is 2.21. The van der Waals surface area contributed by atoms with E-state index in [1.54, 1.807) is 25.3 Å². The van der Waals surface area contributed by atoms with E-state index in [1.807, 2.05) is 42.5 Å². The van der Waals surface area contributed by atoms with Crippen LogP contribution < -0.4 is 15.2 Å². The number of benzene rings is 3. The lowest BCUT2D eigenvalue weighted by atomic mass is 10.1. The number of nitrogens with zero attached hydrogens (tertiary/aromatic N) is 1. The van der Waals surface area contributed by atoms with Gasteiger partial charge in [0.1, 0.15) is 11.5 Å². The predicted octanol–water partition coefficient (Wildman–Crippen LogP) is 3.50. The second-order valence-electron chi connectivity index (χ2n) is 7.02. The minimum absolute atomic E-state index is 0.275. The Hall–Kier alpha value is -4.00. The SMILES string of the molecule is COC(=O)COc1cc(OC)cc2c1c1c(C(N)=O)cccc1n2Cc1ccccc1. The van der Waals surface area contributed by atoms with E-state index in [-0.39, 0.29) is 6.61 Å². The summed E-state index contributed by atoms with van der Waals surface area (Å²) in [4.78, 5) is 23.9. The number of hydrogen-bond acceptors (Lipinski definition) is 5. The molecule has 0 spiro atoms. The zero-order chi connectivity index (χ0) is 22.0. The summed E-state index contributed by atoms with van der Waals surface area (Å²) in [6.45, 7) is 0.287. The molecule has 31 heavy (non-hydrogen) atoms. The summed E-state index contributed by atoms with van der Waals surface area (Å²) < 4.78 is 18.1. The first-order valence-corrected chi connectivity index (χ1v) is 9.69. The molecule has 4 rings (SSSR count). The third kappa shape index (κ3) is 3.77. The summed E-state index contributed by atoms with van der Waals surface area (Å²) in [5, 5.41) is 1.36. The molecule has 1 aromatic heterocycles. The van der Waals surface area contributed by atoms with Crippen molar-refractivity contribution < 1.29 is 23.8 Å². The molecule has 1 heterocycles. The first-order valence-electron chi connectivity index (χ1n) is 9.69. The van der Waals surface area contributed by atoms with Gasteiger partial charge in [0.2, 0.25) is 5.91 Å². The number of hydrogen-bond donors (Lipinski definition) is 1. The fourth-order valence-electron chi connectivity index (χ4n) is 3.77. The number of esters is 1. The van der Waals surface area contributed by atoms with Crippen LogP contribution in [0.25, 0.3) is 21.8 Å². The van der Waals surface area contributed by atoms with E-state index in [9.17, 15) is 9.59 Å². The number of primary amides is 1. The number of aromatic nitrogens is 1. The van der Waals surface area contributed by atoms with Crippen molar-refractivity contribution in [2.24, 2.45) is 5.73 Å². The molecule has 1 amide bonds. The fraction of sp³-hybridized carbons (Fsp3) is 0.167. The van der Waals surface area contributed by atoms with Gasteiger partial charge in [-0.1, -0.05) is 36.4 Å². The van der Waals surface area contributed by atoms with Crippen LogP contribution >= 0.6 is 0 Å². The molecule has 0 aliphatic heterocycles. The maximum Gasteiger partial charge on any atom is 0.343 e. The minimum Gasteiger partial charge on any atom is -0.497 e. The first-order chi connectivity index (χ1) is 15.0.